The summed E-state index contributed by atoms with van der Waals surface area (Å²) < 4.78 is 2.42. The summed E-state index contributed by atoms with van der Waals surface area (Å²) >= 11 is 0. The molecule has 0 unspecified atom stereocenters. The quantitative estimate of drug-likeness (QED) is 0.140. The molecule has 0 spiro atoms. The van der Waals surface area contributed by atoms with E-state index in [1.807, 2.05) is 0 Å². The zero-order valence-corrected chi connectivity index (χ0v) is 40.6. The van der Waals surface area contributed by atoms with Crippen molar-refractivity contribution in [1.29, 1.82) is 0 Å². The van der Waals surface area contributed by atoms with Crippen LogP contribution in [0.3, 0.4) is 0 Å². The van der Waals surface area contributed by atoms with E-state index in [1.54, 1.807) is 0 Å². The molecule has 0 aliphatic rings. The highest BCUT2D eigenvalue weighted by Gasteiger charge is 2.19. The molecule has 1 aromatic heterocycles. The number of anilines is 3. The van der Waals surface area contributed by atoms with Crippen LogP contribution in [0.1, 0.15) is 0 Å². The largest absolute Gasteiger partial charge is 0.310 e. The minimum absolute atomic E-state index is 1.08. The molecule has 13 aromatic carbocycles. The van der Waals surface area contributed by atoms with E-state index in [0.29, 0.717) is 0 Å². The Hall–Kier alpha value is -9.76. The third kappa shape index (κ3) is 7.43. The first-order valence-electron chi connectivity index (χ1n) is 25.5. The standard InChI is InChI=1S/C72H48N2/c1-3-17-49(18-4-1)62-28-13-21-53-23-15-30-64(71(53)62)51-37-42-58(43-38-51)73(59-44-39-52(40-45-59)65-31-16-24-54-22-14-29-63(72(54)65)50-19-5-2-6-20-50)60-46-41-55-47-57(36-35-56(55)48-60)61-25-7-10-32-68(61)74-69-33-11-8-26-66(69)67-27-9-12-34-70(67)74/h1-48H. The highest BCUT2D eigenvalue weighted by atomic mass is 15.1. The molecule has 0 N–H and O–H groups in total. The SMILES string of the molecule is c1ccc(-c2cccc3cccc(-c4ccc(N(c5ccc(-c6cccc7cccc(-c8ccccc8)c67)cc5)c5ccc6cc(-c7ccccc7-n7c8ccccc8c8ccccc87)ccc6c5)cc4)c23)cc1. The smallest absolute Gasteiger partial charge is 0.0541 e. The number of nitrogens with zero attached hydrogens (tertiary/aromatic N) is 2. The van der Waals surface area contributed by atoms with Crippen LogP contribution in [0.2, 0.25) is 0 Å². The molecule has 2 heteroatoms. The van der Waals surface area contributed by atoms with Crippen LogP contribution in [-0.2, 0) is 0 Å². The summed E-state index contributed by atoms with van der Waals surface area (Å²) in [4.78, 5) is 2.40. The Bertz CT molecular complexity index is 4170. The fourth-order valence-electron chi connectivity index (χ4n) is 11.5. The molecule has 14 rings (SSSR count). The van der Waals surface area contributed by atoms with E-state index in [9.17, 15) is 0 Å². The normalized spacial score (nSPS) is 11.5. The van der Waals surface area contributed by atoms with Gasteiger partial charge in [0.15, 0.2) is 0 Å². The van der Waals surface area contributed by atoms with Crippen LogP contribution in [-0.4, -0.2) is 4.57 Å². The van der Waals surface area contributed by atoms with Gasteiger partial charge in [-0.25, -0.2) is 0 Å². The van der Waals surface area contributed by atoms with Crippen molar-refractivity contribution in [3.63, 3.8) is 0 Å². The summed E-state index contributed by atoms with van der Waals surface area (Å²) in [6.07, 6.45) is 0. The lowest BCUT2D eigenvalue weighted by molar-refractivity contribution is 1.18. The first kappa shape index (κ1) is 43.1. The second kappa shape index (κ2) is 18.1. The van der Waals surface area contributed by atoms with Crippen molar-refractivity contribution in [3.8, 4) is 61.3 Å². The number of rotatable bonds is 9. The van der Waals surface area contributed by atoms with Crippen molar-refractivity contribution in [2.75, 3.05) is 4.90 Å². The fourth-order valence-corrected chi connectivity index (χ4v) is 11.5. The lowest BCUT2D eigenvalue weighted by atomic mass is 9.91. The van der Waals surface area contributed by atoms with Gasteiger partial charge in [-0.1, -0.05) is 231 Å². The molecule has 0 radical (unpaired) electrons. The molecule has 1 heterocycles. The van der Waals surface area contributed by atoms with Gasteiger partial charge in [0, 0.05) is 33.4 Å². The summed E-state index contributed by atoms with van der Waals surface area (Å²) in [5.74, 6) is 0. The van der Waals surface area contributed by atoms with Crippen LogP contribution in [0, 0.1) is 0 Å². The van der Waals surface area contributed by atoms with Crippen molar-refractivity contribution >= 4 is 71.2 Å². The summed E-state index contributed by atoms with van der Waals surface area (Å²) in [6, 6.07) is 106. The molecule has 2 nitrogen and oxygen atoms in total. The van der Waals surface area contributed by atoms with Gasteiger partial charge in [0.1, 0.15) is 0 Å². The Balaban J connectivity index is 0.882. The maximum atomic E-state index is 2.42. The van der Waals surface area contributed by atoms with Gasteiger partial charge in [-0.2, -0.15) is 0 Å². The van der Waals surface area contributed by atoms with E-state index in [4.69, 9.17) is 0 Å². The maximum absolute atomic E-state index is 2.42. The average Bonchev–Trinajstić information content (AvgIpc) is 3.83. The van der Waals surface area contributed by atoms with Gasteiger partial charge in [0.05, 0.1) is 16.7 Å². The predicted molar refractivity (Wildman–Crippen MR) is 315 cm³/mol. The lowest BCUT2D eigenvalue weighted by Gasteiger charge is -2.26. The topological polar surface area (TPSA) is 8.17 Å². The van der Waals surface area contributed by atoms with Gasteiger partial charge < -0.3 is 9.47 Å². The van der Waals surface area contributed by atoms with E-state index in [-0.39, 0.29) is 0 Å². The Labute approximate surface area is 430 Å². The highest BCUT2D eigenvalue weighted by molar-refractivity contribution is 6.11. The molecule has 346 valence electrons. The van der Waals surface area contributed by atoms with Crippen molar-refractivity contribution in [3.05, 3.63) is 291 Å². The van der Waals surface area contributed by atoms with Gasteiger partial charge >= 0.3 is 0 Å². The molecular formula is C72H48N2. The summed E-state index contributed by atoms with van der Waals surface area (Å²) in [5, 5.41) is 9.85. The van der Waals surface area contributed by atoms with E-state index >= 15 is 0 Å². The van der Waals surface area contributed by atoms with Crippen LogP contribution >= 0.6 is 0 Å². The molecule has 74 heavy (non-hydrogen) atoms. The molecule has 0 saturated carbocycles. The summed E-state index contributed by atoms with van der Waals surface area (Å²) in [5.41, 5.74) is 18.9. The molecule has 14 aromatic rings. The van der Waals surface area contributed by atoms with E-state index in [1.165, 1.54) is 115 Å². The number of para-hydroxylation sites is 3. The Morgan fingerprint density at radius 3 is 1.12 bits per heavy atom. The van der Waals surface area contributed by atoms with Gasteiger partial charge in [-0.3, -0.25) is 0 Å². The minimum atomic E-state index is 1.08. The number of aromatic nitrogens is 1. The molecule has 0 bridgehead atoms. The van der Waals surface area contributed by atoms with Crippen molar-refractivity contribution in [1.82, 2.24) is 4.57 Å². The molecule has 0 aliphatic heterocycles. The van der Waals surface area contributed by atoms with E-state index in [0.717, 1.165) is 17.1 Å². The number of benzene rings is 13. The van der Waals surface area contributed by atoms with Crippen molar-refractivity contribution < 1.29 is 0 Å². The first-order chi connectivity index (χ1) is 36.7. The minimum Gasteiger partial charge on any atom is -0.310 e. The third-order valence-electron chi connectivity index (χ3n) is 15.0. The zero-order valence-electron chi connectivity index (χ0n) is 40.6. The molecule has 0 amide bonds. The second-order valence-corrected chi connectivity index (χ2v) is 19.2. The number of fused-ring (bicyclic) bond motifs is 6. The zero-order chi connectivity index (χ0) is 49.0. The predicted octanol–water partition coefficient (Wildman–Crippen LogP) is 20.0. The van der Waals surface area contributed by atoms with Crippen LogP contribution in [0.15, 0.2) is 291 Å². The van der Waals surface area contributed by atoms with Crippen LogP contribution in [0.4, 0.5) is 17.1 Å². The van der Waals surface area contributed by atoms with Crippen molar-refractivity contribution in [2.24, 2.45) is 0 Å². The van der Waals surface area contributed by atoms with Crippen molar-refractivity contribution in [2.45, 2.75) is 0 Å². The Kier molecular flexibility index (Phi) is 10.6. The second-order valence-electron chi connectivity index (χ2n) is 19.2. The molecule has 0 fully saturated rings. The lowest BCUT2D eigenvalue weighted by Crippen LogP contribution is -2.10. The summed E-state index contributed by atoms with van der Waals surface area (Å²) in [7, 11) is 0. The monoisotopic (exact) mass is 940 g/mol. The van der Waals surface area contributed by atoms with Gasteiger partial charge in [0.2, 0.25) is 0 Å². The van der Waals surface area contributed by atoms with Crippen LogP contribution in [0.25, 0.3) is 115 Å². The van der Waals surface area contributed by atoms with Gasteiger partial charge in [-0.15, -0.1) is 0 Å². The molecule has 0 saturated heterocycles. The third-order valence-corrected chi connectivity index (χ3v) is 15.0. The Morgan fingerprint density at radius 1 is 0.230 bits per heavy atom. The van der Waals surface area contributed by atoms with E-state index in [2.05, 4.69) is 301 Å². The highest BCUT2D eigenvalue weighted by Crippen LogP contribution is 2.43. The average molecular weight is 941 g/mol. The Morgan fingerprint density at radius 2 is 0.608 bits per heavy atom. The first-order valence-corrected chi connectivity index (χ1v) is 25.5. The van der Waals surface area contributed by atoms with Crippen LogP contribution < -0.4 is 4.90 Å². The number of hydrogen-bond acceptors (Lipinski definition) is 1. The van der Waals surface area contributed by atoms with Gasteiger partial charge in [-0.05, 0) is 143 Å². The van der Waals surface area contributed by atoms with Gasteiger partial charge in [0.25, 0.3) is 0 Å². The molecule has 0 atom stereocenters. The molecule has 0 aliphatic carbocycles. The van der Waals surface area contributed by atoms with E-state index < -0.39 is 0 Å². The van der Waals surface area contributed by atoms with Crippen LogP contribution in [0.5, 0.6) is 0 Å². The summed E-state index contributed by atoms with van der Waals surface area (Å²) in [6.45, 7) is 0. The number of hydrogen-bond donors (Lipinski definition) is 0. The molecular weight excluding hydrogens is 893 g/mol. The fraction of sp³-hybridized carbons (Fsp3) is 0. The maximum Gasteiger partial charge on any atom is 0.0541 e.